The Balaban J connectivity index is 1.69. The zero-order valence-corrected chi connectivity index (χ0v) is 18.5. The van der Waals surface area contributed by atoms with Crippen LogP contribution in [0.15, 0.2) is 40.9 Å². The van der Waals surface area contributed by atoms with Crippen molar-refractivity contribution in [2.45, 2.75) is 19.8 Å². The molecule has 2 aromatic carbocycles. The molecule has 0 fully saturated rings. The maximum absolute atomic E-state index is 12.0. The van der Waals surface area contributed by atoms with Crippen LogP contribution >= 0.6 is 39.1 Å². The molecule has 0 radical (unpaired) electrons. The fourth-order valence-corrected chi connectivity index (χ4v) is 3.13. The van der Waals surface area contributed by atoms with Crippen LogP contribution in [0.1, 0.15) is 18.4 Å². The Morgan fingerprint density at radius 2 is 1.69 bits per heavy atom. The number of halogens is 3. The summed E-state index contributed by atoms with van der Waals surface area (Å²) in [7, 11) is 0. The van der Waals surface area contributed by atoms with E-state index in [4.69, 9.17) is 27.9 Å². The summed E-state index contributed by atoms with van der Waals surface area (Å²) in [6.07, 6.45) is -0.156. The first-order valence-electron chi connectivity index (χ1n) is 8.46. The average molecular weight is 503 g/mol. The predicted molar refractivity (Wildman–Crippen MR) is 115 cm³/mol. The van der Waals surface area contributed by atoms with Crippen molar-refractivity contribution in [3.05, 3.63) is 56.5 Å². The summed E-state index contributed by atoms with van der Waals surface area (Å²) >= 11 is 15.1. The fourth-order valence-electron chi connectivity index (χ4n) is 2.16. The second-order valence-electron chi connectivity index (χ2n) is 5.92. The van der Waals surface area contributed by atoms with Crippen molar-refractivity contribution in [3.8, 4) is 5.75 Å². The summed E-state index contributed by atoms with van der Waals surface area (Å²) < 4.78 is 5.93. The normalized spacial score (nSPS) is 10.2. The average Bonchev–Trinajstić information content (AvgIpc) is 2.67. The van der Waals surface area contributed by atoms with Gasteiger partial charge in [-0.05, 0) is 58.7 Å². The van der Waals surface area contributed by atoms with Crippen molar-refractivity contribution >= 4 is 62.5 Å². The van der Waals surface area contributed by atoms with Crippen molar-refractivity contribution in [1.82, 2.24) is 10.9 Å². The first-order chi connectivity index (χ1) is 13.8. The van der Waals surface area contributed by atoms with Crippen molar-refractivity contribution in [1.29, 1.82) is 0 Å². The number of amides is 3. The summed E-state index contributed by atoms with van der Waals surface area (Å²) in [6, 6.07) is 10.0. The molecule has 0 saturated heterocycles. The van der Waals surface area contributed by atoms with E-state index in [1.807, 2.05) is 0 Å². The Morgan fingerprint density at radius 1 is 1.00 bits per heavy atom. The van der Waals surface area contributed by atoms with Gasteiger partial charge in [-0.25, -0.2) is 0 Å². The van der Waals surface area contributed by atoms with Gasteiger partial charge in [0.25, 0.3) is 5.91 Å². The Hall–Kier alpha value is -2.29. The van der Waals surface area contributed by atoms with E-state index in [0.717, 1.165) is 5.56 Å². The molecule has 0 unspecified atom stereocenters. The molecule has 0 saturated carbocycles. The first-order valence-corrected chi connectivity index (χ1v) is 10.0. The van der Waals surface area contributed by atoms with E-state index in [1.165, 1.54) is 0 Å². The zero-order chi connectivity index (χ0) is 21.4. The molecule has 3 N–H and O–H groups in total. The molecule has 2 rings (SSSR count). The van der Waals surface area contributed by atoms with Crippen molar-refractivity contribution in [3.63, 3.8) is 0 Å². The molecule has 0 heterocycles. The van der Waals surface area contributed by atoms with Crippen LogP contribution < -0.4 is 20.9 Å². The number of nitrogens with one attached hydrogen (secondary N) is 3. The van der Waals surface area contributed by atoms with Crippen LogP contribution in [-0.4, -0.2) is 24.3 Å². The minimum absolute atomic E-state index is 0.0537. The van der Waals surface area contributed by atoms with Crippen molar-refractivity contribution < 1.29 is 19.1 Å². The van der Waals surface area contributed by atoms with E-state index in [-0.39, 0.29) is 25.4 Å². The Labute approximate surface area is 186 Å². The molecule has 3 amide bonds. The van der Waals surface area contributed by atoms with Gasteiger partial charge in [0.1, 0.15) is 5.75 Å². The summed E-state index contributed by atoms with van der Waals surface area (Å²) in [5.74, 6) is -0.972. The summed E-state index contributed by atoms with van der Waals surface area (Å²) in [5.41, 5.74) is 5.78. The number of hydrogen-bond acceptors (Lipinski definition) is 4. The van der Waals surface area contributed by atoms with Crippen molar-refractivity contribution in [2.24, 2.45) is 0 Å². The third-order valence-corrected chi connectivity index (χ3v) is 4.98. The minimum Gasteiger partial charge on any atom is -0.483 e. The van der Waals surface area contributed by atoms with Gasteiger partial charge in [0.15, 0.2) is 6.61 Å². The van der Waals surface area contributed by atoms with Crippen molar-refractivity contribution in [2.75, 3.05) is 11.9 Å². The van der Waals surface area contributed by atoms with Gasteiger partial charge in [-0.15, -0.1) is 0 Å². The van der Waals surface area contributed by atoms with Gasteiger partial charge >= 0.3 is 0 Å². The van der Waals surface area contributed by atoms with Gasteiger partial charge in [-0.2, -0.15) is 0 Å². The lowest BCUT2D eigenvalue weighted by molar-refractivity contribution is -0.130. The van der Waals surface area contributed by atoms with E-state index in [2.05, 4.69) is 32.1 Å². The summed E-state index contributed by atoms with van der Waals surface area (Å²) in [5, 5.41) is 3.76. The van der Waals surface area contributed by atoms with Crippen LogP contribution in [-0.2, 0) is 14.4 Å². The molecule has 7 nitrogen and oxygen atoms in total. The number of hydrazine groups is 1. The third kappa shape index (κ3) is 7.56. The van der Waals surface area contributed by atoms with E-state index < -0.39 is 11.8 Å². The quantitative estimate of drug-likeness (QED) is 0.498. The lowest BCUT2D eigenvalue weighted by Gasteiger charge is -2.11. The van der Waals surface area contributed by atoms with Crippen LogP contribution in [0.3, 0.4) is 0 Å². The van der Waals surface area contributed by atoms with Gasteiger partial charge in [0.2, 0.25) is 11.8 Å². The second kappa shape index (κ2) is 11.0. The molecule has 0 bridgehead atoms. The summed E-state index contributed by atoms with van der Waals surface area (Å²) in [6.45, 7) is 1.47. The number of ether oxygens (including phenoxy) is 1. The molecule has 0 atom stereocenters. The molecule has 0 aliphatic rings. The molecule has 0 spiro atoms. The zero-order valence-electron chi connectivity index (χ0n) is 15.4. The van der Waals surface area contributed by atoms with Gasteiger partial charge in [-0.1, -0.05) is 29.3 Å². The van der Waals surface area contributed by atoms with E-state index in [9.17, 15) is 14.4 Å². The number of rotatable bonds is 7. The molecule has 154 valence electrons. The van der Waals surface area contributed by atoms with Crippen LogP contribution in [0.2, 0.25) is 10.0 Å². The summed E-state index contributed by atoms with van der Waals surface area (Å²) in [4.78, 5) is 35.5. The molecule has 29 heavy (non-hydrogen) atoms. The lowest BCUT2D eigenvalue weighted by Crippen LogP contribution is -2.44. The van der Waals surface area contributed by atoms with Gasteiger partial charge in [0.05, 0.1) is 4.47 Å². The highest BCUT2D eigenvalue weighted by molar-refractivity contribution is 9.10. The maximum Gasteiger partial charge on any atom is 0.276 e. The molecule has 2 aromatic rings. The topological polar surface area (TPSA) is 96.5 Å². The third-order valence-electron chi connectivity index (χ3n) is 3.71. The number of hydrogen-bond donors (Lipinski definition) is 3. The van der Waals surface area contributed by atoms with Crippen LogP contribution in [0.25, 0.3) is 0 Å². The molecular weight excluding hydrogens is 485 g/mol. The smallest absolute Gasteiger partial charge is 0.276 e. The molecule has 10 heteroatoms. The monoisotopic (exact) mass is 501 g/mol. The highest BCUT2D eigenvalue weighted by Crippen LogP contribution is 2.27. The number of anilines is 1. The number of carbonyl (C=O) groups is 3. The largest absolute Gasteiger partial charge is 0.483 e. The highest BCUT2D eigenvalue weighted by atomic mass is 79.9. The number of benzene rings is 2. The maximum atomic E-state index is 12.0. The van der Waals surface area contributed by atoms with E-state index >= 15 is 0 Å². The lowest BCUT2D eigenvalue weighted by atomic mass is 10.2. The predicted octanol–water partition coefficient (Wildman–Crippen LogP) is 4.01. The number of carbonyl (C=O) groups excluding carboxylic acids is 3. The Morgan fingerprint density at radius 3 is 2.41 bits per heavy atom. The Kier molecular flexibility index (Phi) is 8.75. The molecule has 0 aromatic heterocycles. The van der Waals surface area contributed by atoms with E-state index in [1.54, 1.807) is 43.3 Å². The fraction of sp³-hybridized carbons (Fsp3) is 0.211. The van der Waals surface area contributed by atoms with Gasteiger partial charge in [0, 0.05) is 28.6 Å². The van der Waals surface area contributed by atoms with Crippen LogP contribution in [0.5, 0.6) is 5.75 Å². The van der Waals surface area contributed by atoms with Crippen LogP contribution in [0, 0.1) is 6.92 Å². The highest BCUT2D eigenvalue weighted by Gasteiger charge is 2.11. The van der Waals surface area contributed by atoms with E-state index in [0.29, 0.717) is 26.0 Å². The second-order valence-corrected chi connectivity index (χ2v) is 7.62. The standard InChI is InChI=1S/C19H18BrCl2N3O4/c1-11-14(22)3-2-4-15(11)23-17(26)7-8-18(27)24-25-19(28)10-29-16-6-5-12(21)9-13(16)20/h2-6,9H,7-8,10H2,1H3,(H,23,26)(H,24,27)(H,25,28). The first kappa shape index (κ1) is 23.0. The minimum atomic E-state index is -0.556. The van der Waals surface area contributed by atoms with Crippen LogP contribution in [0.4, 0.5) is 5.69 Å². The van der Waals surface area contributed by atoms with Gasteiger partial charge in [-0.3, -0.25) is 25.2 Å². The van der Waals surface area contributed by atoms with Gasteiger partial charge < -0.3 is 10.1 Å². The molecular formula is C19H18BrCl2N3O4. The molecule has 0 aliphatic heterocycles. The Bertz CT molecular complexity index is 924. The molecule has 0 aliphatic carbocycles. The SMILES string of the molecule is Cc1c(Cl)cccc1NC(=O)CCC(=O)NNC(=O)COc1ccc(Cl)cc1Br.